The Morgan fingerprint density at radius 2 is 2.05 bits per heavy atom. The van der Waals surface area contributed by atoms with Crippen molar-refractivity contribution < 1.29 is 8.42 Å². The molecule has 0 saturated heterocycles. The fourth-order valence-electron chi connectivity index (χ4n) is 1.81. The highest BCUT2D eigenvalue weighted by atomic mass is 32.2. The van der Waals surface area contributed by atoms with Gasteiger partial charge >= 0.3 is 0 Å². The monoisotopic (exact) mass is 292 g/mol. The SMILES string of the molecule is Cc1cc(N)cc(S(=O)(=O)NCc2cccnn2)c1C. The Balaban J connectivity index is 2.27. The standard InChI is InChI=1S/C13H16N4O2S/c1-9-6-11(14)7-13(10(9)2)20(18,19)16-8-12-4-3-5-15-17-12/h3-7,16H,8,14H2,1-2H3. The molecule has 0 amide bonds. The van der Waals surface area contributed by atoms with E-state index in [9.17, 15) is 8.42 Å². The van der Waals surface area contributed by atoms with E-state index in [4.69, 9.17) is 5.73 Å². The number of sulfonamides is 1. The molecule has 0 saturated carbocycles. The Bertz CT molecular complexity index is 715. The number of benzene rings is 1. The molecule has 0 atom stereocenters. The lowest BCUT2D eigenvalue weighted by Gasteiger charge is -2.12. The highest BCUT2D eigenvalue weighted by molar-refractivity contribution is 7.89. The summed E-state index contributed by atoms with van der Waals surface area (Å²) in [5.74, 6) is 0. The first-order chi connectivity index (χ1) is 9.40. The molecule has 1 aromatic heterocycles. The number of hydrogen-bond acceptors (Lipinski definition) is 5. The molecule has 7 heteroatoms. The molecule has 0 aliphatic heterocycles. The number of nitrogens with two attached hydrogens (primary N) is 1. The summed E-state index contributed by atoms with van der Waals surface area (Å²) in [5.41, 5.74) is 8.22. The zero-order valence-corrected chi connectivity index (χ0v) is 12.1. The molecule has 0 unspecified atom stereocenters. The van der Waals surface area contributed by atoms with E-state index >= 15 is 0 Å². The Hall–Kier alpha value is -1.99. The van der Waals surface area contributed by atoms with Crippen LogP contribution in [-0.4, -0.2) is 18.6 Å². The van der Waals surface area contributed by atoms with Gasteiger partial charge in [0.1, 0.15) is 0 Å². The van der Waals surface area contributed by atoms with Crippen LogP contribution in [-0.2, 0) is 16.6 Å². The summed E-state index contributed by atoms with van der Waals surface area (Å²) in [5, 5.41) is 7.53. The van der Waals surface area contributed by atoms with E-state index in [1.165, 1.54) is 12.3 Å². The smallest absolute Gasteiger partial charge is 0.241 e. The van der Waals surface area contributed by atoms with E-state index in [0.29, 0.717) is 16.9 Å². The molecule has 0 aliphatic rings. The molecule has 0 bridgehead atoms. The Kier molecular flexibility index (Phi) is 4.01. The molecule has 6 nitrogen and oxygen atoms in total. The van der Waals surface area contributed by atoms with Crippen LogP contribution in [0.15, 0.2) is 35.4 Å². The van der Waals surface area contributed by atoms with Crippen LogP contribution in [0.3, 0.4) is 0 Å². The number of aromatic nitrogens is 2. The fourth-order valence-corrected chi connectivity index (χ4v) is 3.16. The number of hydrogen-bond donors (Lipinski definition) is 2. The van der Waals surface area contributed by atoms with E-state index in [1.54, 1.807) is 25.1 Å². The normalized spacial score (nSPS) is 11.5. The summed E-state index contributed by atoms with van der Waals surface area (Å²) in [7, 11) is -3.63. The highest BCUT2D eigenvalue weighted by Crippen LogP contribution is 2.22. The predicted molar refractivity (Wildman–Crippen MR) is 76.4 cm³/mol. The van der Waals surface area contributed by atoms with Crippen LogP contribution >= 0.6 is 0 Å². The average molecular weight is 292 g/mol. The van der Waals surface area contributed by atoms with Crippen molar-refractivity contribution in [2.75, 3.05) is 5.73 Å². The van der Waals surface area contributed by atoms with Gasteiger partial charge in [-0.3, -0.25) is 0 Å². The molecule has 2 rings (SSSR count). The first-order valence-corrected chi connectivity index (χ1v) is 7.51. The number of anilines is 1. The molecule has 1 aromatic carbocycles. The highest BCUT2D eigenvalue weighted by Gasteiger charge is 2.18. The maximum Gasteiger partial charge on any atom is 0.241 e. The van der Waals surface area contributed by atoms with E-state index < -0.39 is 10.0 Å². The molecule has 0 spiro atoms. The van der Waals surface area contributed by atoms with Gasteiger partial charge in [-0.1, -0.05) is 0 Å². The van der Waals surface area contributed by atoms with Crippen molar-refractivity contribution in [3.63, 3.8) is 0 Å². The third-order valence-electron chi connectivity index (χ3n) is 3.00. The number of nitrogens with zero attached hydrogens (tertiary/aromatic N) is 2. The third kappa shape index (κ3) is 3.12. The molecule has 3 N–H and O–H groups in total. The summed E-state index contributed by atoms with van der Waals surface area (Å²) in [6, 6.07) is 6.61. The van der Waals surface area contributed by atoms with Gasteiger partial charge in [0, 0.05) is 11.9 Å². The quantitative estimate of drug-likeness (QED) is 0.824. The largest absolute Gasteiger partial charge is 0.399 e. The van der Waals surface area contributed by atoms with Gasteiger partial charge in [0.25, 0.3) is 0 Å². The van der Waals surface area contributed by atoms with Gasteiger partial charge in [0.15, 0.2) is 0 Å². The zero-order valence-electron chi connectivity index (χ0n) is 11.3. The Morgan fingerprint density at radius 3 is 2.70 bits per heavy atom. The molecule has 0 aliphatic carbocycles. The summed E-state index contributed by atoms with van der Waals surface area (Å²) < 4.78 is 27.1. The second-order valence-corrected chi connectivity index (χ2v) is 6.24. The minimum atomic E-state index is -3.63. The van der Waals surface area contributed by atoms with Gasteiger partial charge in [0.05, 0.1) is 17.1 Å². The third-order valence-corrected chi connectivity index (χ3v) is 4.53. The molecule has 2 aromatic rings. The van der Waals surface area contributed by atoms with Crippen molar-refractivity contribution in [2.45, 2.75) is 25.3 Å². The van der Waals surface area contributed by atoms with E-state index in [0.717, 1.165) is 5.56 Å². The van der Waals surface area contributed by atoms with Crippen LogP contribution < -0.4 is 10.5 Å². The first-order valence-electron chi connectivity index (χ1n) is 6.03. The average Bonchev–Trinajstić information content (AvgIpc) is 2.42. The van der Waals surface area contributed by atoms with Gasteiger partial charge in [-0.05, 0) is 49.2 Å². The van der Waals surface area contributed by atoms with E-state index in [2.05, 4.69) is 14.9 Å². The molecule has 20 heavy (non-hydrogen) atoms. The lowest BCUT2D eigenvalue weighted by molar-refractivity contribution is 0.579. The first kappa shape index (κ1) is 14.4. The minimum Gasteiger partial charge on any atom is -0.399 e. The maximum absolute atomic E-state index is 12.3. The van der Waals surface area contributed by atoms with Gasteiger partial charge in [-0.25, -0.2) is 13.1 Å². The Morgan fingerprint density at radius 1 is 1.30 bits per heavy atom. The second-order valence-electron chi connectivity index (χ2n) is 4.50. The topological polar surface area (TPSA) is 98.0 Å². The van der Waals surface area contributed by atoms with Gasteiger partial charge < -0.3 is 5.73 Å². The van der Waals surface area contributed by atoms with Crippen LogP contribution in [0.25, 0.3) is 0 Å². The van der Waals surface area contributed by atoms with Crippen LogP contribution in [0.2, 0.25) is 0 Å². The van der Waals surface area contributed by atoms with Crippen molar-refractivity contribution in [1.82, 2.24) is 14.9 Å². The molecule has 0 radical (unpaired) electrons. The lowest BCUT2D eigenvalue weighted by atomic mass is 10.1. The van der Waals surface area contributed by atoms with E-state index in [1.807, 2.05) is 6.92 Å². The van der Waals surface area contributed by atoms with E-state index in [-0.39, 0.29) is 11.4 Å². The van der Waals surface area contributed by atoms with Crippen molar-refractivity contribution in [3.8, 4) is 0 Å². The van der Waals surface area contributed by atoms with Crippen molar-refractivity contribution in [2.24, 2.45) is 0 Å². The summed E-state index contributed by atoms with van der Waals surface area (Å²) in [6.07, 6.45) is 1.53. The van der Waals surface area contributed by atoms with Crippen LogP contribution in [0.1, 0.15) is 16.8 Å². The van der Waals surface area contributed by atoms with Crippen molar-refractivity contribution in [1.29, 1.82) is 0 Å². The van der Waals surface area contributed by atoms with Crippen LogP contribution in [0.5, 0.6) is 0 Å². The van der Waals surface area contributed by atoms with Gasteiger partial charge in [-0.2, -0.15) is 10.2 Å². The molecular weight excluding hydrogens is 276 g/mol. The minimum absolute atomic E-state index is 0.0868. The number of nitrogen functional groups attached to an aromatic ring is 1. The molecular formula is C13H16N4O2S. The second kappa shape index (κ2) is 5.56. The van der Waals surface area contributed by atoms with Crippen LogP contribution in [0, 0.1) is 13.8 Å². The Labute approximate surface area is 118 Å². The number of nitrogens with one attached hydrogen (secondary N) is 1. The molecule has 106 valence electrons. The summed E-state index contributed by atoms with van der Waals surface area (Å²) in [6.45, 7) is 3.67. The van der Waals surface area contributed by atoms with Gasteiger partial charge in [0.2, 0.25) is 10.0 Å². The fraction of sp³-hybridized carbons (Fsp3) is 0.231. The number of aryl methyl sites for hydroxylation is 1. The summed E-state index contributed by atoms with van der Waals surface area (Å²) >= 11 is 0. The van der Waals surface area contributed by atoms with Crippen molar-refractivity contribution in [3.05, 3.63) is 47.3 Å². The van der Waals surface area contributed by atoms with Gasteiger partial charge in [-0.15, -0.1) is 0 Å². The van der Waals surface area contributed by atoms with Crippen LogP contribution in [0.4, 0.5) is 5.69 Å². The maximum atomic E-state index is 12.3. The number of rotatable bonds is 4. The summed E-state index contributed by atoms with van der Waals surface area (Å²) in [4.78, 5) is 0.193. The zero-order chi connectivity index (χ0) is 14.8. The van der Waals surface area contributed by atoms with Crippen molar-refractivity contribution >= 4 is 15.7 Å². The molecule has 1 heterocycles. The lowest BCUT2D eigenvalue weighted by Crippen LogP contribution is -2.25. The predicted octanol–water partition coefficient (Wildman–Crippen LogP) is 1.15. The molecule has 0 fully saturated rings.